The molecule has 0 bridgehead atoms. The highest BCUT2D eigenvalue weighted by molar-refractivity contribution is 6.31. The molecule has 6 nitrogen and oxygen atoms in total. The summed E-state index contributed by atoms with van der Waals surface area (Å²) in [5.41, 5.74) is 0.752. The van der Waals surface area contributed by atoms with Crippen molar-refractivity contribution in [1.29, 1.82) is 0 Å². The zero-order valence-electron chi connectivity index (χ0n) is 13.1. The van der Waals surface area contributed by atoms with Crippen LogP contribution in [0.3, 0.4) is 0 Å². The molecule has 1 aliphatic heterocycles. The van der Waals surface area contributed by atoms with E-state index in [4.69, 9.17) is 16.3 Å². The normalized spacial score (nSPS) is 15.1. The monoisotopic (exact) mass is 333 g/mol. The van der Waals surface area contributed by atoms with Crippen molar-refractivity contribution in [3.8, 4) is 5.75 Å². The lowest BCUT2D eigenvalue weighted by Crippen LogP contribution is -2.26. The summed E-state index contributed by atoms with van der Waals surface area (Å²) >= 11 is 6.06. The molecular formula is C16H20ClN5O. The van der Waals surface area contributed by atoms with Gasteiger partial charge in [-0.25, -0.2) is 0 Å². The molecule has 1 aromatic heterocycles. The molecule has 122 valence electrons. The summed E-state index contributed by atoms with van der Waals surface area (Å²) < 4.78 is 5.34. The van der Waals surface area contributed by atoms with E-state index in [2.05, 4.69) is 25.4 Å². The molecule has 1 N–H and O–H groups in total. The Morgan fingerprint density at radius 1 is 1.17 bits per heavy atom. The Bertz CT molecular complexity index is 659. The molecule has 0 amide bonds. The van der Waals surface area contributed by atoms with Crippen LogP contribution >= 0.6 is 11.6 Å². The van der Waals surface area contributed by atoms with Crippen molar-refractivity contribution in [1.82, 2.24) is 15.2 Å². The van der Waals surface area contributed by atoms with E-state index in [0.29, 0.717) is 22.5 Å². The van der Waals surface area contributed by atoms with Crippen LogP contribution in [0.5, 0.6) is 5.75 Å². The first-order valence-corrected chi connectivity index (χ1v) is 8.19. The fraction of sp³-hybridized carbons (Fsp3) is 0.438. The minimum Gasteiger partial charge on any atom is -0.495 e. The second-order valence-corrected chi connectivity index (χ2v) is 5.95. The predicted molar refractivity (Wildman–Crippen MR) is 91.8 cm³/mol. The number of nitrogens with one attached hydrogen (secondary N) is 1. The van der Waals surface area contributed by atoms with Gasteiger partial charge in [-0.2, -0.15) is 10.1 Å². The van der Waals surface area contributed by atoms with Crippen LogP contribution in [-0.4, -0.2) is 35.4 Å². The summed E-state index contributed by atoms with van der Waals surface area (Å²) in [6.45, 7) is 1.96. The Balaban J connectivity index is 1.81. The number of hydrogen-bond donors (Lipinski definition) is 1. The first-order valence-electron chi connectivity index (χ1n) is 7.81. The maximum atomic E-state index is 6.06. The van der Waals surface area contributed by atoms with Crippen molar-refractivity contribution < 1.29 is 4.74 Å². The first-order chi connectivity index (χ1) is 11.3. The summed E-state index contributed by atoms with van der Waals surface area (Å²) in [5, 5.41) is 12.1. The lowest BCUT2D eigenvalue weighted by atomic mass is 10.2. The number of ether oxygens (including phenoxy) is 1. The van der Waals surface area contributed by atoms with Gasteiger partial charge in [0.05, 0.1) is 19.0 Å². The van der Waals surface area contributed by atoms with Gasteiger partial charge in [0.2, 0.25) is 5.95 Å². The molecule has 1 fully saturated rings. The topological polar surface area (TPSA) is 63.2 Å². The van der Waals surface area contributed by atoms with Crippen LogP contribution in [0.25, 0.3) is 0 Å². The summed E-state index contributed by atoms with van der Waals surface area (Å²) in [5.74, 6) is 1.99. The molecule has 0 saturated carbocycles. The van der Waals surface area contributed by atoms with Crippen molar-refractivity contribution in [3.05, 3.63) is 29.4 Å². The van der Waals surface area contributed by atoms with Crippen LogP contribution in [0.4, 0.5) is 17.5 Å². The molecule has 0 atom stereocenters. The van der Waals surface area contributed by atoms with E-state index >= 15 is 0 Å². The van der Waals surface area contributed by atoms with Crippen molar-refractivity contribution in [2.24, 2.45) is 0 Å². The molecule has 1 saturated heterocycles. The van der Waals surface area contributed by atoms with E-state index in [0.717, 1.165) is 18.8 Å². The third kappa shape index (κ3) is 4.01. The number of aromatic nitrogens is 3. The Kier molecular flexibility index (Phi) is 5.12. The van der Waals surface area contributed by atoms with Gasteiger partial charge in [0.25, 0.3) is 0 Å². The van der Waals surface area contributed by atoms with Gasteiger partial charge >= 0.3 is 0 Å². The maximum Gasteiger partial charge on any atom is 0.247 e. The lowest BCUT2D eigenvalue weighted by Gasteiger charge is -2.20. The molecule has 1 aromatic carbocycles. The third-order valence-electron chi connectivity index (χ3n) is 3.86. The Labute approximate surface area is 140 Å². The lowest BCUT2D eigenvalue weighted by molar-refractivity contribution is 0.417. The number of benzene rings is 1. The van der Waals surface area contributed by atoms with E-state index in [-0.39, 0.29) is 0 Å². The second kappa shape index (κ2) is 7.46. The number of hydrogen-bond acceptors (Lipinski definition) is 6. The SMILES string of the molecule is COc1ccc(Cl)cc1Nc1cnnc(N2CCCCCC2)n1. The van der Waals surface area contributed by atoms with Gasteiger partial charge in [-0.3, -0.25) is 0 Å². The first kappa shape index (κ1) is 15.8. The summed E-state index contributed by atoms with van der Waals surface area (Å²) in [6, 6.07) is 5.40. The van der Waals surface area contributed by atoms with Gasteiger partial charge < -0.3 is 15.0 Å². The molecule has 0 spiro atoms. The Morgan fingerprint density at radius 2 is 1.96 bits per heavy atom. The van der Waals surface area contributed by atoms with E-state index in [1.54, 1.807) is 25.4 Å². The Morgan fingerprint density at radius 3 is 2.70 bits per heavy atom. The molecule has 2 aromatic rings. The standard InChI is InChI=1S/C16H20ClN5O/c1-23-14-7-6-12(17)10-13(14)19-15-11-18-21-16(20-15)22-8-4-2-3-5-9-22/h6-7,10-11H,2-5,8-9H2,1H3,(H,19,20,21). The highest BCUT2D eigenvalue weighted by Gasteiger charge is 2.14. The van der Waals surface area contributed by atoms with Crippen LogP contribution in [0.2, 0.25) is 5.02 Å². The van der Waals surface area contributed by atoms with Crippen LogP contribution in [-0.2, 0) is 0 Å². The zero-order chi connectivity index (χ0) is 16.1. The average Bonchev–Trinajstić information content (AvgIpc) is 2.85. The van der Waals surface area contributed by atoms with Gasteiger partial charge in [-0.15, -0.1) is 5.10 Å². The van der Waals surface area contributed by atoms with E-state index in [9.17, 15) is 0 Å². The fourth-order valence-electron chi connectivity index (χ4n) is 2.67. The molecule has 0 radical (unpaired) electrons. The second-order valence-electron chi connectivity index (χ2n) is 5.51. The van der Waals surface area contributed by atoms with Gasteiger partial charge in [0, 0.05) is 18.1 Å². The van der Waals surface area contributed by atoms with E-state index in [1.165, 1.54) is 25.7 Å². The van der Waals surface area contributed by atoms with Crippen molar-refractivity contribution in [2.45, 2.75) is 25.7 Å². The van der Waals surface area contributed by atoms with Crippen LogP contribution < -0.4 is 15.0 Å². The van der Waals surface area contributed by atoms with Gasteiger partial charge in [-0.05, 0) is 31.0 Å². The third-order valence-corrected chi connectivity index (χ3v) is 4.10. The van der Waals surface area contributed by atoms with E-state index < -0.39 is 0 Å². The Hall–Kier alpha value is -2.08. The van der Waals surface area contributed by atoms with E-state index in [1.807, 2.05) is 6.07 Å². The van der Waals surface area contributed by atoms with Crippen LogP contribution in [0, 0.1) is 0 Å². The molecular weight excluding hydrogens is 314 g/mol. The van der Waals surface area contributed by atoms with Crippen LogP contribution in [0.1, 0.15) is 25.7 Å². The van der Waals surface area contributed by atoms with Gasteiger partial charge in [-0.1, -0.05) is 24.4 Å². The maximum absolute atomic E-state index is 6.06. The number of nitrogens with zero attached hydrogens (tertiary/aromatic N) is 4. The number of methoxy groups -OCH3 is 1. The van der Waals surface area contributed by atoms with Gasteiger partial charge in [0.15, 0.2) is 5.82 Å². The van der Waals surface area contributed by atoms with Gasteiger partial charge in [0.1, 0.15) is 5.75 Å². The minimum atomic E-state index is 0.625. The van der Waals surface area contributed by atoms with Crippen molar-refractivity contribution in [2.75, 3.05) is 30.4 Å². The highest BCUT2D eigenvalue weighted by atomic mass is 35.5. The summed E-state index contributed by atoms with van der Waals surface area (Å²) in [4.78, 5) is 6.78. The molecule has 0 aliphatic carbocycles. The molecule has 0 unspecified atom stereocenters. The fourth-order valence-corrected chi connectivity index (χ4v) is 2.85. The van der Waals surface area contributed by atoms with Crippen LogP contribution in [0.15, 0.2) is 24.4 Å². The smallest absolute Gasteiger partial charge is 0.247 e. The summed E-state index contributed by atoms with van der Waals surface area (Å²) in [6.07, 6.45) is 6.47. The zero-order valence-corrected chi connectivity index (χ0v) is 13.9. The predicted octanol–water partition coefficient (Wildman–Crippen LogP) is 3.66. The largest absolute Gasteiger partial charge is 0.495 e. The average molecular weight is 334 g/mol. The molecule has 7 heteroatoms. The molecule has 3 rings (SSSR count). The number of anilines is 3. The molecule has 2 heterocycles. The molecule has 23 heavy (non-hydrogen) atoms. The van der Waals surface area contributed by atoms with Crippen molar-refractivity contribution in [3.63, 3.8) is 0 Å². The number of halogens is 1. The molecule has 1 aliphatic rings. The quantitative estimate of drug-likeness (QED) is 0.921. The number of rotatable bonds is 4. The highest BCUT2D eigenvalue weighted by Crippen LogP contribution is 2.30. The minimum absolute atomic E-state index is 0.625. The summed E-state index contributed by atoms with van der Waals surface area (Å²) in [7, 11) is 1.62. The van der Waals surface area contributed by atoms with Crippen molar-refractivity contribution >= 4 is 29.1 Å².